The first-order valence-electron chi connectivity index (χ1n) is 25.8. The molecule has 0 aliphatic carbocycles. The molecule has 350 valence electrons. The van der Waals surface area contributed by atoms with Gasteiger partial charge in [-0.3, -0.25) is 14.4 Å². The van der Waals surface area contributed by atoms with Crippen LogP contribution in [0.4, 0.5) is 0 Å². The molecular formula is C52H102N2O5. The zero-order valence-electron chi connectivity index (χ0n) is 40.8. The van der Waals surface area contributed by atoms with Gasteiger partial charge in [-0.25, -0.2) is 0 Å². The average Bonchev–Trinajstić information content (AvgIpc) is 3.20. The van der Waals surface area contributed by atoms with Crippen LogP contribution in [0.5, 0.6) is 0 Å². The van der Waals surface area contributed by atoms with Gasteiger partial charge in [0.25, 0.3) is 0 Å². The minimum Gasteiger partial charge on any atom is -0.465 e. The molecule has 0 rings (SSSR count). The molecule has 0 aliphatic rings. The minimum atomic E-state index is -0.0497. The molecule has 0 unspecified atom stereocenters. The van der Waals surface area contributed by atoms with Crippen molar-refractivity contribution in [2.24, 2.45) is 5.41 Å². The first-order valence-corrected chi connectivity index (χ1v) is 25.8. The van der Waals surface area contributed by atoms with E-state index in [4.69, 9.17) is 9.47 Å². The lowest BCUT2D eigenvalue weighted by molar-refractivity contribution is -0.150. The van der Waals surface area contributed by atoms with Gasteiger partial charge in [0.2, 0.25) is 5.91 Å². The molecule has 7 nitrogen and oxygen atoms in total. The van der Waals surface area contributed by atoms with E-state index in [0.29, 0.717) is 31.8 Å². The zero-order valence-corrected chi connectivity index (χ0v) is 40.8. The van der Waals surface area contributed by atoms with Crippen LogP contribution in [0.3, 0.4) is 0 Å². The fraction of sp³-hybridized carbons (Fsp3) is 0.942. The third-order valence-electron chi connectivity index (χ3n) is 12.1. The molecule has 0 saturated heterocycles. The van der Waals surface area contributed by atoms with Crippen molar-refractivity contribution in [3.8, 4) is 0 Å². The van der Waals surface area contributed by atoms with E-state index in [1.165, 1.54) is 109 Å². The maximum atomic E-state index is 13.4. The second-order valence-corrected chi connectivity index (χ2v) is 19.2. The highest BCUT2D eigenvalue weighted by atomic mass is 16.5. The van der Waals surface area contributed by atoms with Gasteiger partial charge in [0.05, 0.1) is 6.61 Å². The predicted molar refractivity (Wildman–Crippen MR) is 253 cm³/mol. The Kier molecular flexibility index (Phi) is 40.6. The van der Waals surface area contributed by atoms with Gasteiger partial charge < -0.3 is 19.3 Å². The highest BCUT2D eigenvalue weighted by molar-refractivity contribution is 5.76. The van der Waals surface area contributed by atoms with Gasteiger partial charge in [-0.15, -0.1) is 0 Å². The second kappa shape index (κ2) is 41.7. The number of carbonyl (C=O) groups excluding carboxylic acids is 3. The lowest BCUT2D eigenvalue weighted by Gasteiger charge is -2.25. The summed E-state index contributed by atoms with van der Waals surface area (Å²) in [4.78, 5) is 42.9. The number of unbranched alkanes of at least 4 members (excludes halogenated alkanes) is 24. The number of rotatable bonds is 45. The van der Waals surface area contributed by atoms with Crippen molar-refractivity contribution in [3.05, 3.63) is 0 Å². The van der Waals surface area contributed by atoms with Gasteiger partial charge in [-0.1, -0.05) is 176 Å². The summed E-state index contributed by atoms with van der Waals surface area (Å²) in [5.41, 5.74) is -0.0303. The van der Waals surface area contributed by atoms with Crippen molar-refractivity contribution < 1.29 is 23.9 Å². The van der Waals surface area contributed by atoms with Crippen LogP contribution in [-0.4, -0.2) is 74.1 Å². The summed E-state index contributed by atoms with van der Waals surface area (Å²) in [5.74, 6) is 0.256. The topological polar surface area (TPSA) is 76.1 Å². The number of hydrogen-bond donors (Lipinski definition) is 0. The Balaban J connectivity index is 4.61. The van der Waals surface area contributed by atoms with Crippen LogP contribution in [0.15, 0.2) is 0 Å². The SMILES string of the molecule is CCCCCCCCCC(=O)OCC(C)(C)CCCCCN(CCCCCCCC(=O)OC(CCCCCCCC)CCCCCCCC)C(=O)CCCCCN(C)C. The predicted octanol–water partition coefficient (Wildman–Crippen LogP) is 15.0. The van der Waals surface area contributed by atoms with E-state index >= 15 is 0 Å². The van der Waals surface area contributed by atoms with Crippen LogP contribution < -0.4 is 0 Å². The maximum absolute atomic E-state index is 13.4. The molecule has 0 heterocycles. The van der Waals surface area contributed by atoms with Crippen LogP contribution in [0.2, 0.25) is 0 Å². The number of carbonyl (C=O) groups is 3. The molecule has 0 aromatic carbocycles. The number of hydrogen-bond acceptors (Lipinski definition) is 6. The van der Waals surface area contributed by atoms with Gasteiger partial charge >= 0.3 is 11.9 Å². The van der Waals surface area contributed by atoms with Gasteiger partial charge in [-0.2, -0.15) is 0 Å². The monoisotopic (exact) mass is 835 g/mol. The molecule has 0 aromatic rings. The van der Waals surface area contributed by atoms with Crippen molar-refractivity contribution in [3.63, 3.8) is 0 Å². The number of nitrogens with zero attached hydrogens (tertiary/aromatic N) is 2. The van der Waals surface area contributed by atoms with E-state index in [2.05, 4.69) is 58.5 Å². The second-order valence-electron chi connectivity index (χ2n) is 19.2. The van der Waals surface area contributed by atoms with Crippen molar-refractivity contribution in [1.29, 1.82) is 0 Å². The lowest BCUT2D eigenvalue weighted by atomic mass is 9.88. The highest BCUT2D eigenvalue weighted by Gasteiger charge is 2.21. The Bertz CT molecular complexity index is 937. The Morgan fingerprint density at radius 1 is 0.458 bits per heavy atom. The third-order valence-corrected chi connectivity index (χ3v) is 12.1. The molecule has 59 heavy (non-hydrogen) atoms. The average molecular weight is 835 g/mol. The molecule has 7 heteroatoms. The van der Waals surface area contributed by atoms with Crippen LogP contribution >= 0.6 is 0 Å². The van der Waals surface area contributed by atoms with Gasteiger partial charge in [-0.05, 0) is 96.7 Å². The summed E-state index contributed by atoms with van der Waals surface area (Å²) in [5, 5.41) is 0. The molecule has 0 aliphatic heterocycles. The van der Waals surface area contributed by atoms with Crippen LogP contribution in [0.25, 0.3) is 0 Å². The zero-order chi connectivity index (χ0) is 43.7. The minimum absolute atomic E-state index is 0.00229. The summed E-state index contributed by atoms with van der Waals surface area (Å²) in [6.07, 6.45) is 40.1. The summed E-state index contributed by atoms with van der Waals surface area (Å²) in [7, 11) is 4.21. The van der Waals surface area contributed by atoms with Gasteiger partial charge in [0.15, 0.2) is 0 Å². The van der Waals surface area contributed by atoms with Crippen molar-refractivity contribution >= 4 is 17.8 Å². The molecule has 0 bridgehead atoms. The van der Waals surface area contributed by atoms with Crippen LogP contribution in [0.1, 0.15) is 266 Å². The molecule has 0 fully saturated rings. The Labute approximate surface area is 368 Å². The van der Waals surface area contributed by atoms with Gasteiger partial charge in [0, 0.05) is 32.4 Å². The van der Waals surface area contributed by atoms with E-state index in [1.54, 1.807) is 0 Å². The first-order chi connectivity index (χ1) is 28.5. The van der Waals surface area contributed by atoms with E-state index in [9.17, 15) is 14.4 Å². The van der Waals surface area contributed by atoms with Crippen LogP contribution in [0, 0.1) is 5.41 Å². The van der Waals surface area contributed by atoms with E-state index in [-0.39, 0.29) is 23.5 Å². The molecular weight excluding hydrogens is 733 g/mol. The maximum Gasteiger partial charge on any atom is 0.306 e. The third kappa shape index (κ3) is 40.2. The summed E-state index contributed by atoms with van der Waals surface area (Å²) in [6.45, 7) is 14.4. The van der Waals surface area contributed by atoms with E-state index in [0.717, 1.165) is 122 Å². The van der Waals surface area contributed by atoms with Crippen molar-refractivity contribution in [2.45, 2.75) is 272 Å². The fourth-order valence-electron chi connectivity index (χ4n) is 8.04. The standard InChI is InChI=1S/C52H102N2O5/c1-8-11-14-17-20-24-32-41-50(56)58-47-52(4,5)43-34-28-37-46-54(49(55)40-31-27-35-44-53(6)7)45-36-26-21-25-33-42-51(57)59-48(38-29-22-18-15-12-9-2)39-30-23-19-16-13-10-3/h48H,8-47H2,1-7H3. The normalized spacial score (nSPS) is 11.8. The van der Waals surface area contributed by atoms with Crippen molar-refractivity contribution in [1.82, 2.24) is 9.80 Å². The Morgan fingerprint density at radius 3 is 1.36 bits per heavy atom. The van der Waals surface area contributed by atoms with E-state index < -0.39 is 0 Å². The smallest absolute Gasteiger partial charge is 0.306 e. The van der Waals surface area contributed by atoms with Crippen molar-refractivity contribution in [2.75, 3.05) is 40.3 Å². The summed E-state index contributed by atoms with van der Waals surface area (Å²) in [6, 6.07) is 0. The molecule has 1 amide bonds. The highest BCUT2D eigenvalue weighted by Crippen LogP contribution is 2.25. The molecule has 0 spiro atoms. The summed E-state index contributed by atoms with van der Waals surface area (Å²) >= 11 is 0. The molecule has 0 atom stereocenters. The molecule has 0 N–H and O–H groups in total. The fourth-order valence-corrected chi connectivity index (χ4v) is 8.04. The van der Waals surface area contributed by atoms with Gasteiger partial charge in [0.1, 0.15) is 6.10 Å². The number of amides is 1. The number of ether oxygens (including phenoxy) is 2. The largest absolute Gasteiger partial charge is 0.465 e. The molecule has 0 radical (unpaired) electrons. The molecule has 0 saturated carbocycles. The first kappa shape index (κ1) is 57.4. The molecule has 0 aromatic heterocycles. The quantitative estimate of drug-likeness (QED) is 0.0449. The lowest BCUT2D eigenvalue weighted by Crippen LogP contribution is -2.33. The number of esters is 2. The van der Waals surface area contributed by atoms with Crippen LogP contribution in [-0.2, 0) is 23.9 Å². The Hall–Kier alpha value is -1.63. The van der Waals surface area contributed by atoms with E-state index in [1.807, 2.05) is 0 Å². The Morgan fingerprint density at radius 2 is 0.847 bits per heavy atom. The summed E-state index contributed by atoms with van der Waals surface area (Å²) < 4.78 is 11.8.